The molecule has 0 unspecified atom stereocenters. The summed E-state index contributed by atoms with van der Waals surface area (Å²) >= 11 is 8.26. The summed E-state index contributed by atoms with van der Waals surface area (Å²) in [4.78, 5) is 23.3. The van der Waals surface area contributed by atoms with E-state index in [9.17, 15) is 4.79 Å². The SMILES string of the molecule is O=C(CN1CCOCC1)NCCn1ccc2ncnc(Nc3ccc(Oc4ccc5ccsc5c4)c(Cl)c3)c21. The zero-order chi connectivity index (χ0) is 26.6. The smallest absolute Gasteiger partial charge is 0.234 e. The molecule has 0 bridgehead atoms. The van der Waals surface area contributed by atoms with Crippen molar-refractivity contribution in [3.8, 4) is 11.5 Å². The van der Waals surface area contributed by atoms with Crippen LogP contribution in [0.25, 0.3) is 21.1 Å². The number of halogens is 1. The predicted octanol–water partition coefficient (Wildman–Crippen LogP) is 5.28. The van der Waals surface area contributed by atoms with E-state index in [0.29, 0.717) is 49.4 Å². The van der Waals surface area contributed by atoms with Crippen molar-refractivity contribution < 1.29 is 14.3 Å². The second kappa shape index (κ2) is 11.6. The normalized spacial score (nSPS) is 14.1. The molecule has 0 radical (unpaired) electrons. The topological polar surface area (TPSA) is 93.5 Å². The van der Waals surface area contributed by atoms with Gasteiger partial charge in [0.1, 0.15) is 23.3 Å². The second-order valence-corrected chi connectivity index (χ2v) is 10.6. The van der Waals surface area contributed by atoms with Crippen molar-refractivity contribution in [2.75, 3.05) is 44.7 Å². The van der Waals surface area contributed by atoms with E-state index < -0.39 is 0 Å². The predicted molar refractivity (Wildman–Crippen MR) is 154 cm³/mol. The van der Waals surface area contributed by atoms with Crippen molar-refractivity contribution in [1.82, 2.24) is 24.8 Å². The summed E-state index contributed by atoms with van der Waals surface area (Å²) in [5.74, 6) is 1.97. The van der Waals surface area contributed by atoms with E-state index >= 15 is 0 Å². The molecule has 9 nitrogen and oxygen atoms in total. The molecule has 1 amide bonds. The Morgan fingerprint density at radius 2 is 2.00 bits per heavy atom. The Labute approximate surface area is 234 Å². The molecule has 200 valence electrons. The maximum absolute atomic E-state index is 12.4. The lowest BCUT2D eigenvalue weighted by Gasteiger charge is -2.25. The largest absolute Gasteiger partial charge is 0.456 e. The minimum absolute atomic E-state index is 0.00946. The fourth-order valence-corrected chi connectivity index (χ4v) is 5.60. The number of carbonyl (C=O) groups excluding carboxylic acids is 1. The molecule has 1 saturated heterocycles. The Kier molecular flexibility index (Phi) is 7.60. The summed E-state index contributed by atoms with van der Waals surface area (Å²) in [7, 11) is 0. The minimum Gasteiger partial charge on any atom is -0.456 e. The Morgan fingerprint density at radius 1 is 1.10 bits per heavy atom. The molecule has 11 heteroatoms. The first-order chi connectivity index (χ1) is 19.1. The highest BCUT2D eigenvalue weighted by atomic mass is 35.5. The van der Waals surface area contributed by atoms with Crippen LogP contribution in [0.3, 0.4) is 0 Å². The molecular weight excluding hydrogens is 536 g/mol. The lowest BCUT2D eigenvalue weighted by atomic mass is 10.2. The maximum Gasteiger partial charge on any atom is 0.234 e. The van der Waals surface area contributed by atoms with Crippen molar-refractivity contribution in [3.63, 3.8) is 0 Å². The monoisotopic (exact) mass is 562 g/mol. The Balaban J connectivity index is 1.12. The van der Waals surface area contributed by atoms with Gasteiger partial charge in [0, 0.05) is 42.8 Å². The number of anilines is 2. The lowest BCUT2D eigenvalue weighted by molar-refractivity contribution is -0.123. The first-order valence-corrected chi connectivity index (χ1v) is 14.0. The van der Waals surface area contributed by atoms with E-state index in [1.54, 1.807) is 11.3 Å². The summed E-state index contributed by atoms with van der Waals surface area (Å²) in [5.41, 5.74) is 2.43. The fraction of sp³-hybridized carbons (Fsp3) is 0.250. The number of carbonyl (C=O) groups is 1. The number of aromatic nitrogens is 3. The third-order valence-corrected chi connectivity index (χ3v) is 7.72. The molecule has 39 heavy (non-hydrogen) atoms. The number of rotatable bonds is 9. The number of hydrogen-bond donors (Lipinski definition) is 2. The maximum atomic E-state index is 12.4. The molecule has 0 atom stereocenters. The van der Waals surface area contributed by atoms with Gasteiger partial charge in [0.25, 0.3) is 0 Å². The van der Waals surface area contributed by atoms with Crippen molar-refractivity contribution in [1.29, 1.82) is 0 Å². The number of benzene rings is 2. The summed E-state index contributed by atoms with van der Waals surface area (Å²) in [5, 5.41) is 10.1. The molecular formula is C28H27ClN6O3S. The van der Waals surface area contributed by atoms with Crippen LogP contribution in [0.5, 0.6) is 11.5 Å². The average Bonchev–Trinajstić information content (AvgIpc) is 3.58. The van der Waals surface area contributed by atoms with Gasteiger partial charge >= 0.3 is 0 Å². The van der Waals surface area contributed by atoms with Crippen molar-refractivity contribution in [2.24, 2.45) is 0 Å². The number of thiophene rings is 1. The summed E-state index contributed by atoms with van der Waals surface area (Å²) in [6.07, 6.45) is 3.48. The molecule has 5 aromatic rings. The van der Waals surface area contributed by atoms with E-state index in [1.165, 1.54) is 11.7 Å². The molecule has 0 aliphatic carbocycles. The molecule has 0 spiro atoms. The van der Waals surface area contributed by atoms with Gasteiger partial charge < -0.3 is 24.7 Å². The highest BCUT2D eigenvalue weighted by Crippen LogP contribution is 2.35. The van der Waals surface area contributed by atoms with E-state index in [-0.39, 0.29) is 5.91 Å². The summed E-state index contributed by atoms with van der Waals surface area (Å²) in [6.45, 7) is 4.37. The number of ether oxygens (including phenoxy) is 2. The second-order valence-electron chi connectivity index (χ2n) is 9.20. The number of hydrogen-bond acceptors (Lipinski definition) is 8. The van der Waals surface area contributed by atoms with E-state index in [2.05, 4.69) is 36.9 Å². The summed E-state index contributed by atoms with van der Waals surface area (Å²) in [6, 6.07) is 15.6. The molecule has 1 aliphatic heterocycles. The quantitative estimate of drug-likeness (QED) is 0.252. The fourth-order valence-electron chi connectivity index (χ4n) is 4.57. The molecule has 1 fully saturated rings. The van der Waals surface area contributed by atoms with Crippen LogP contribution < -0.4 is 15.4 Å². The van der Waals surface area contributed by atoms with Gasteiger partial charge in [-0.25, -0.2) is 9.97 Å². The molecule has 3 aromatic heterocycles. The van der Waals surface area contributed by atoms with Gasteiger partial charge in [-0.05, 0) is 59.3 Å². The number of nitrogens with one attached hydrogen (secondary N) is 2. The summed E-state index contributed by atoms with van der Waals surface area (Å²) < 4.78 is 14.6. The van der Waals surface area contributed by atoms with Gasteiger partial charge in [-0.1, -0.05) is 11.6 Å². The van der Waals surface area contributed by atoms with E-state index in [1.807, 2.05) is 53.2 Å². The van der Waals surface area contributed by atoms with Gasteiger partial charge in [0.15, 0.2) is 5.82 Å². The third-order valence-electron chi connectivity index (χ3n) is 6.55. The van der Waals surface area contributed by atoms with Crippen LogP contribution in [0, 0.1) is 0 Å². The van der Waals surface area contributed by atoms with Crippen LogP contribution in [0.4, 0.5) is 11.5 Å². The highest BCUT2D eigenvalue weighted by Gasteiger charge is 2.15. The van der Waals surface area contributed by atoms with Gasteiger partial charge in [0.05, 0.1) is 30.3 Å². The lowest BCUT2D eigenvalue weighted by Crippen LogP contribution is -2.43. The molecule has 6 rings (SSSR count). The molecule has 1 aliphatic rings. The van der Waals surface area contributed by atoms with Crippen LogP contribution in [0.15, 0.2) is 66.4 Å². The van der Waals surface area contributed by atoms with Gasteiger partial charge in [-0.15, -0.1) is 11.3 Å². The molecule has 2 aromatic carbocycles. The Morgan fingerprint density at radius 3 is 2.87 bits per heavy atom. The van der Waals surface area contributed by atoms with Crippen LogP contribution in [0.1, 0.15) is 0 Å². The van der Waals surface area contributed by atoms with Crippen LogP contribution >= 0.6 is 22.9 Å². The average molecular weight is 563 g/mol. The van der Waals surface area contributed by atoms with Gasteiger partial charge in [0.2, 0.25) is 5.91 Å². The van der Waals surface area contributed by atoms with Crippen molar-refractivity contribution >= 4 is 61.5 Å². The van der Waals surface area contributed by atoms with E-state index in [4.69, 9.17) is 21.1 Å². The zero-order valence-corrected chi connectivity index (χ0v) is 22.7. The van der Waals surface area contributed by atoms with Gasteiger partial charge in [-0.2, -0.15) is 0 Å². The Hall–Kier alpha value is -3.70. The zero-order valence-electron chi connectivity index (χ0n) is 21.1. The van der Waals surface area contributed by atoms with Crippen molar-refractivity contribution in [3.05, 3.63) is 71.5 Å². The molecule has 0 saturated carbocycles. The van der Waals surface area contributed by atoms with Crippen LogP contribution in [-0.4, -0.2) is 64.7 Å². The minimum atomic E-state index is 0.00946. The highest BCUT2D eigenvalue weighted by molar-refractivity contribution is 7.17. The van der Waals surface area contributed by atoms with Gasteiger partial charge in [-0.3, -0.25) is 9.69 Å². The molecule has 2 N–H and O–H groups in total. The first-order valence-electron chi connectivity index (χ1n) is 12.7. The van der Waals surface area contributed by atoms with Crippen LogP contribution in [-0.2, 0) is 16.1 Å². The number of amides is 1. The third kappa shape index (κ3) is 5.99. The van der Waals surface area contributed by atoms with Crippen LogP contribution in [0.2, 0.25) is 5.02 Å². The molecule has 4 heterocycles. The first kappa shape index (κ1) is 25.6. The number of fused-ring (bicyclic) bond motifs is 2. The Bertz CT molecular complexity index is 1610. The standard InChI is InChI=1S/C28H27ClN6O3S/c29-22-15-20(2-4-24(22)38-21-3-1-19-6-14-39-25(19)16-21)33-28-27-23(31-18-32-28)5-8-35(27)9-7-30-26(36)17-34-10-12-37-13-11-34/h1-6,8,14-16,18H,7,9-13,17H2,(H,30,36)(H,31,32,33). The number of nitrogens with zero attached hydrogens (tertiary/aromatic N) is 4. The number of morpholine rings is 1. The van der Waals surface area contributed by atoms with E-state index in [0.717, 1.165) is 40.3 Å². The van der Waals surface area contributed by atoms with Crippen molar-refractivity contribution in [2.45, 2.75) is 6.54 Å².